The Hall–Kier alpha value is -1.46. The average Bonchev–Trinajstić information content (AvgIpc) is 2.78. The number of rotatable bonds is 1. The quantitative estimate of drug-likeness (QED) is 0.772. The molecule has 1 aliphatic heterocycles. The van der Waals surface area contributed by atoms with Crippen molar-refractivity contribution in [3.63, 3.8) is 0 Å². The first-order valence-corrected chi connectivity index (χ1v) is 6.46. The van der Waals surface area contributed by atoms with Gasteiger partial charge in [-0.15, -0.1) is 0 Å². The summed E-state index contributed by atoms with van der Waals surface area (Å²) in [6.45, 7) is 8.12. The number of phenols is 1. The number of hydrogen-bond donors (Lipinski definition) is 2. The molecule has 3 rings (SSSR count). The maximum Gasteiger partial charge on any atom is 0.512 e. The van der Waals surface area contributed by atoms with E-state index < -0.39 is 7.12 Å². The summed E-state index contributed by atoms with van der Waals surface area (Å²) in [6, 6.07) is 7.18. The molecule has 0 atom stereocenters. The van der Waals surface area contributed by atoms with Crippen LogP contribution in [0.4, 0.5) is 0 Å². The summed E-state index contributed by atoms with van der Waals surface area (Å²) in [6.07, 6.45) is 0. The minimum absolute atomic E-state index is 0.256. The summed E-state index contributed by atoms with van der Waals surface area (Å²) in [4.78, 5) is 3.28. The van der Waals surface area contributed by atoms with Gasteiger partial charge in [-0.1, -0.05) is 0 Å². The standard InChI is InChI=1S/C14H18BNO3/c1-13(2)14(3,4)19-15(18-13)12-8-9-7-10(17)5-6-11(9)16-12/h5-8,16-17H,1-4H3. The van der Waals surface area contributed by atoms with E-state index in [9.17, 15) is 5.11 Å². The SMILES string of the molecule is CC1(C)OB(c2cc3cc(O)ccc3[nH]2)OC1(C)C. The molecule has 4 nitrogen and oxygen atoms in total. The van der Waals surface area contributed by atoms with Crippen LogP contribution in [-0.2, 0) is 9.31 Å². The van der Waals surface area contributed by atoms with E-state index in [1.807, 2.05) is 39.8 Å². The predicted molar refractivity (Wildman–Crippen MR) is 75.7 cm³/mol. The van der Waals surface area contributed by atoms with Gasteiger partial charge >= 0.3 is 7.12 Å². The van der Waals surface area contributed by atoms with E-state index in [-0.39, 0.29) is 17.0 Å². The number of aromatic hydroxyl groups is 1. The van der Waals surface area contributed by atoms with E-state index in [1.165, 1.54) is 0 Å². The van der Waals surface area contributed by atoms with Crippen LogP contribution in [0.5, 0.6) is 5.75 Å². The molecule has 0 bridgehead atoms. The van der Waals surface area contributed by atoms with Gasteiger partial charge in [0.25, 0.3) is 0 Å². The highest BCUT2D eigenvalue weighted by atomic mass is 16.7. The highest BCUT2D eigenvalue weighted by Crippen LogP contribution is 2.36. The monoisotopic (exact) mass is 259 g/mol. The lowest BCUT2D eigenvalue weighted by Gasteiger charge is -2.32. The van der Waals surface area contributed by atoms with Crippen LogP contribution >= 0.6 is 0 Å². The second-order valence-electron chi connectivity index (χ2n) is 6.08. The molecule has 1 fully saturated rings. The zero-order valence-electron chi connectivity index (χ0n) is 11.7. The first-order valence-electron chi connectivity index (χ1n) is 6.46. The third-order valence-corrected chi connectivity index (χ3v) is 4.13. The molecule has 2 N–H and O–H groups in total. The van der Waals surface area contributed by atoms with Gasteiger partial charge in [-0.3, -0.25) is 0 Å². The summed E-state index contributed by atoms with van der Waals surface area (Å²) < 4.78 is 12.0. The van der Waals surface area contributed by atoms with Gasteiger partial charge in [0.15, 0.2) is 0 Å². The third kappa shape index (κ3) is 1.93. The normalized spacial score (nSPS) is 21.2. The van der Waals surface area contributed by atoms with Crippen molar-refractivity contribution >= 4 is 23.6 Å². The fourth-order valence-electron chi connectivity index (χ4n) is 2.24. The van der Waals surface area contributed by atoms with Crippen molar-refractivity contribution in [2.75, 3.05) is 0 Å². The van der Waals surface area contributed by atoms with Crippen LogP contribution < -0.4 is 5.59 Å². The molecule has 0 saturated carbocycles. The Morgan fingerprint density at radius 1 is 1.05 bits per heavy atom. The number of benzene rings is 1. The minimum Gasteiger partial charge on any atom is -0.508 e. The van der Waals surface area contributed by atoms with Crippen molar-refractivity contribution in [3.8, 4) is 5.75 Å². The second-order valence-corrected chi connectivity index (χ2v) is 6.08. The molecular weight excluding hydrogens is 241 g/mol. The van der Waals surface area contributed by atoms with E-state index in [0.29, 0.717) is 0 Å². The highest BCUT2D eigenvalue weighted by Gasteiger charge is 2.52. The maximum atomic E-state index is 9.49. The molecule has 5 heteroatoms. The molecule has 2 heterocycles. The molecular formula is C14H18BNO3. The van der Waals surface area contributed by atoms with E-state index in [2.05, 4.69) is 4.98 Å². The first-order chi connectivity index (χ1) is 8.78. The fraction of sp³-hybridized carbons (Fsp3) is 0.429. The van der Waals surface area contributed by atoms with Gasteiger partial charge < -0.3 is 19.4 Å². The molecule has 0 aliphatic carbocycles. The van der Waals surface area contributed by atoms with E-state index >= 15 is 0 Å². The van der Waals surface area contributed by atoms with Gasteiger partial charge in [0.2, 0.25) is 0 Å². The lowest BCUT2D eigenvalue weighted by atomic mass is 9.85. The van der Waals surface area contributed by atoms with Gasteiger partial charge in [-0.05, 0) is 52.0 Å². The summed E-state index contributed by atoms with van der Waals surface area (Å²) in [5.41, 5.74) is 1.13. The zero-order chi connectivity index (χ0) is 13.8. The van der Waals surface area contributed by atoms with Crippen molar-refractivity contribution in [1.82, 2.24) is 4.98 Å². The van der Waals surface area contributed by atoms with Crippen LogP contribution in [0.15, 0.2) is 24.3 Å². The van der Waals surface area contributed by atoms with Crippen molar-refractivity contribution in [2.24, 2.45) is 0 Å². The fourth-order valence-corrected chi connectivity index (χ4v) is 2.24. The van der Waals surface area contributed by atoms with Gasteiger partial charge in [-0.25, -0.2) is 0 Å². The van der Waals surface area contributed by atoms with Gasteiger partial charge in [-0.2, -0.15) is 0 Å². The molecule has 2 aromatic rings. The summed E-state index contributed by atoms with van der Waals surface area (Å²) >= 11 is 0. The lowest BCUT2D eigenvalue weighted by Crippen LogP contribution is -2.41. The highest BCUT2D eigenvalue weighted by molar-refractivity contribution is 6.61. The maximum absolute atomic E-state index is 9.49. The number of hydrogen-bond acceptors (Lipinski definition) is 3. The van der Waals surface area contributed by atoms with Crippen LogP contribution in [0.2, 0.25) is 0 Å². The van der Waals surface area contributed by atoms with E-state index in [0.717, 1.165) is 16.5 Å². The minimum atomic E-state index is -0.403. The number of aromatic amines is 1. The van der Waals surface area contributed by atoms with Gasteiger partial charge in [0.05, 0.1) is 11.2 Å². The molecule has 1 aliphatic rings. The Morgan fingerprint density at radius 2 is 1.68 bits per heavy atom. The van der Waals surface area contributed by atoms with Gasteiger partial charge in [0, 0.05) is 16.5 Å². The number of phenolic OH excluding ortho intramolecular Hbond substituents is 1. The molecule has 0 spiro atoms. The zero-order valence-corrected chi connectivity index (χ0v) is 11.7. The molecule has 0 unspecified atom stereocenters. The van der Waals surface area contributed by atoms with Crippen LogP contribution in [-0.4, -0.2) is 28.4 Å². The predicted octanol–water partition coefficient (Wildman–Crippen LogP) is 2.17. The van der Waals surface area contributed by atoms with Crippen LogP contribution in [0, 0.1) is 0 Å². The van der Waals surface area contributed by atoms with Crippen molar-refractivity contribution in [3.05, 3.63) is 24.3 Å². The lowest BCUT2D eigenvalue weighted by molar-refractivity contribution is 0.00578. The Labute approximate surface area is 112 Å². The summed E-state index contributed by atoms with van der Waals surface area (Å²) in [7, 11) is -0.403. The van der Waals surface area contributed by atoms with Gasteiger partial charge in [0.1, 0.15) is 5.75 Å². The smallest absolute Gasteiger partial charge is 0.508 e. The Morgan fingerprint density at radius 3 is 2.32 bits per heavy atom. The molecule has 1 saturated heterocycles. The summed E-state index contributed by atoms with van der Waals surface area (Å²) in [5, 5.41) is 10.4. The molecule has 1 aromatic carbocycles. The molecule has 1 aromatic heterocycles. The van der Waals surface area contributed by atoms with Crippen molar-refractivity contribution in [2.45, 2.75) is 38.9 Å². The van der Waals surface area contributed by atoms with Crippen LogP contribution in [0.25, 0.3) is 10.9 Å². The van der Waals surface area contributed by atoms with Crippen LogP contribution in [0.3, 0.4) is 0 Å². The number of aromatic nitrogens is 1. The largest absolute Gasteiger partial charge is 0.512 e. The van der Waals surface area contributed by atoms with E-state index in [1.54, 1.807) is 12.1 Å². The van der Waals surface area contributed by atoms with Crippen molar-refractivity contribution < 1.29 is 14.4 Å². The third-order valence-electron chi connectivity index (χ3n) is 4.13. The van der Waals surface area contributed by atoms with E-state index in [4.69, 9.17) is 9.31 Å². The molecule has 0 radical (unpaired) electrons. The average molecular weight is 259 g/mol. The molecule has 100 valence electrons. The number of H-pyrrole nitrogens is 1. The Balaban J connectivity index is 1.98. The van der Waals surface area contributed by atoms with Crippen LogP contribution in [0.1, 0.15) is 27.7 Å². The Kier molecular flexibility index (Phi) is 2.50. The Bertz CT molecular complexity index is 617. The molecule has 0 amide bonds. The topological polar surface area (TPSA) is 54.5 Å². The number of nitrogens with one attached hydrogen (secondary N) is 1. The first kappa shape index (κ1) is 12.6. The second kappa shape index (κ2) is 3.77. The van der Waals surface area contributed by atoms with Crippen molar-refractivity contribution in [1.29, 1.82) is 0 Å². The summed E-state index contributed by atoms with van der Waals surface area (Å²) in [5.74, 6) is 0.256. The molecule has 19 heavy (non-hydrogen) atoms. The number of fused-ring (bicyclic) bond motifs is 1.